The van der Waals surface area contributed by atoms with Crippen molar-refractivity contribution in [3.05, 3.63) is 0 Å². The van der Waals surface area contributed by atoms with E-state index in [1.165, 1.54) is 7.11 Å². The summed E-state index contributed by atoms with van der Waals surface area (Å²) in [7, 11) is 1.43. The summed E-state index contributed by atoms with van der Waals surface area (Å²) in [5.74, 6) is -0.120. The molecule has 2 N–H and O–H groups in total. The highest BCUT2D eigenvalue weighted by atomic mass is 16.5. The first kappa shape index (κ1) is 8.53. The highest BCUT2D eigenvalue weighted by Crippen LogP contribution is 2.37. The number of carbonyl (C=O) groups is 1. The predicted octanol–water partition coefficient (Wildman–Crippen LogP) is 0.677. The van der Waals surface area contributed by atoms with Crippen LogP contribution in [0.3, 0.4) is 0 Å². The Bertz CT molecular complexity index is 169. The molecule has 2 unspecified atom stereocenters. The molecule has 1 rings (SSSR count). The van der Waals surface area contributed by atoms with Gasteiger partial charge in [0.1, 0.15) is 0 Å². The summed E-state index contributed by atoms with van der Waals surface area (Å²) in [6, 6.07) is 0.180. The molecule has 0 aromatic carbocycles. The average Bonchev–Trinajstić information content (AvgIpc) is 2.31. The maximum atomic E-state index is 11.2. The minimum Gasteiger partial charge on any atom is -0.469 e. The van der Waals surface area contributed by atoms with Gasteiger partial charge < -0.3 is 10.5 Å². The van der Waals surface area contributed by atoms with Crippen LogP contribution in [0.25, 0.3) is 0 Å². The van der Waals surface area contributed by atoms with E-state index >= 15 is 0 Å². The number of hydrogen-bond donors (Lipinski definition) is 1. The second-order valence-electron chi connectivity index (χ2n) is 3.56. The summed E-state index contributed by atoms with van der Waals surface area (Å²) in [5, 5.41) is 0. The number of nitrogens with two attached hydrogens (primary N) is 1. The van der Waals surface area contributed by atoms with Crippen molar-refractivity contribution in [3.63, 3.8) is 0 Å². The Morgan fingerprint density at radius 2 is 2.36 bits per heavy atom. The molecule has 3 nitrogen and oxygen atoms in total. The van der Waals surface area contributed by atoms with Crippen molar-refractivity contribution in [2.24, 2.45) is 11.1 Å². The van der Waals surface area contributed by atoms with Crippen LogP contribution >= 0.6 is 0 Å². The van der Waals surface area contributed by atoms with Gasteiger partial charge in [-0.2, -0.15) is 0 Å². The predicted molar refractivity (Wildman–Crippen MR) is 41.9 cm³/mol. The number of esters is 1. The lowest BCUT2D eigenvalue weighted by molar-refractivity contribution is -0.151. The summed E-state index contributed by atoms with van der Waals surface area (Å²) < 4.78 is 4.69. The molecule has 1 aliphatic carbocycles. The Kier molecular flexibility index (Phi) is 2.18. The van der Waals surface area contributed by atoms with E-state index in [2.05, 4.69) is 0 Å². The highest BCUT2D eigenvalue weighted by Gasteiger charge is 2.40. The standard InChI is InChI=1S/C8H15NO2/c1-8(7(10)11-2)4-3-6(9)5-8/h6H,3-5,9H2,1-2H3. The second-order valence-corrected chi connectivity index (χ2v) is 3.56. The molecule has 0 aromatic heterocycles. The van der Waals surface area contributed by atoms with Crippen LogP contribution in [0.15, 0.2) is 0 Å². The SMILES string of the molecule is COC(=O)C1(C)CCC(N)C1. The van der Waals surface area contributed by atoms with Crippen LogP contribution < -0.4 is 5.73 Å². The van der Waals surface area contributed by atoms with E-state index in [0.29, 0.717) is 0 Å². The normalized spacial score (nSPS) is 37.2. The van der Waals surface area contributed by atoms with E-state index < -0.39 is 0 Å². The molecule has 1 fully saturated rings. The first-order valence-corrected chi connectivity index (χ1v) is 3.92. The van der Waals surface area contributed by atoms with Gasteiger partial charge in [0.2, 0.25) is 0 Å². The van der Waals surface area contributed by atoms with E-state index in [9.17, 15) is 4.79 Å². The molecule has 0 saturated heterocycles. The van der Waals surface area contributed by atoms with Gasteiger partial charge in [-0.15, -0.1) is 0 Å². The molecular formula is C8H15NO2. The molecule has 0 heterocycles. The third-order valence-electron chi connectivity index (χ3n) is 2.46. The molecule has 2 atom stereocenters. The van der Waals surface area contributed by atoms with Gasteiger partial charge in [0.25, 0.3) is 0 Å². The van der Waals surface area contributed by atoms with Gasteiger partial charge in [-0.1, -0.05) is 0 Å². The fourth-order valence-corrected chi connectivity index (χ4v) is 1.72. The molecule has 1 saturated carbocycles. The minimum absolute atomic E-state index is 0.120. The van der Waals surface area contributed by atoms with Crippen molar-refractivity contribution in [2.45, 2.75) is 32.2 Å². The zero-order chi connectivity index (χ0) is 8.48. The Balaban J connectivity index is 2.61. The van der Waals surface area contributed by atoms with Crippen LogP contribution in [0.2, 0.25) is 0 Å². The molecule has 0 aromatic rings. The van der Waals surface area contributed by atoms with Crippen molar-refractivity contribution in [2.75, 3.05) is 7.11 Å². The quantitative estimate of drug-likeness (QED) is 0.569. The molecule has 1 aliphatic rings. The lowest BCUT2D eigenvalue weighted by Crippen LogP contribution is -2.28. The Morgan fingerprint density at radius 1 is 1.73 bits per heavy atom. The summed E-state index contributed by atoms with van der Waals surface area (Å²) in [5.41, 5.74) is 5.38. The van der Waals surface area contributed by atoms with Crippen LogP contribution in [0, 0.1) is 5.41 Å². The number of carbonyl (C=O) groups excluding carboxylic acids is 1. The largest absolute Gasteiger partial charge is 0.469 e. The van der Waals surface area contributed by atoms with Crippen molar-refractivity contribution < 1.29 is 9.53 Å². The van der Waals surface area contributed by atoms with Gasteiger partial charge in [-0.05, 0) is 26.2 Å². The van der Waals surface area contributed by atoms with E-state index in [4.69, 9.17) is 10.5 Å². The lowest BCUT2D eigenvalue weighted by atomic mass is 9.89. The molecular weight excluding hydrogens is 142 g/mol. The Labute approximate surface area is 66.9 Å². The molecule has 0 amide bonds. The zero-order valence-corrected chi connectivity index (χ0v) is 7.09. The van der Waals surface area contributed by atoms with Gasteiger partial charge >= 0.3 is 5.97 Å². The Hall–Kier alpha value is -0.570. The van der Waals surface area contributed by atoms with E-state index in [0.717, 1.165) is 19.3 Å². The molecule has 0 aliphatic heterocycles. The summed E-state index contributed by atoms with van der Waals surface area (Å²) in [6.07, 6.45) is 2.56. The molecule has 3 heteroatoms. The maximum Gasteiger partial charge on any atom is 0.311 e. The zero-order valence-electron chi connectivity index (χ0n) is 7.09. The minimum atomic E-state index is -0.311. The molecule has 11 heavy (non-hydrogen) atoms. The third-order valence-corrected chi connectivity index (χ3v) is 2.46. The van der Waals surface area contributed by atoms with Crippen LogP contribution in [0.1, 0.15) is 26.2 Å². The molecule has 0 radical (unpaired) electrons. The van der Waals surface area contributed by atoms with Crippen molar-refractivity contribution in [3.8, 4) is 0 Å². The van der Waals surface area contributed by atoms with Gasteiger partial charge in [0, 0.05) is 6.04 Å². The van der Waals surface area contributed by atoms with Crippen molar-refractivity contribution >= 4 is 5.97 Å². The average molecular weight is 157 g/mol. The van der Waals surface area contributed by atoms with Crippen LogP contribution in [0.4, 0.5) is 0 Å². The van der Waals surface area contributed by atoms with Crippen molar-refractivity contribution in [1.82, 2.24) is 0 Å². The van der Waals surface area contributed by atoms with Gasteiger partial charge in [-0.3, -0.25) is 4.79 Å². The number of hydrogen-bond acceptors (Lipinski definition) is 3. The number of rotatable bonds is 1. The third kappa shape index (κ3) is 1.53. The van der Waals surface area contributed by atoms with Crippen molar-refractivity contribution in [1.29, 1.82) is 0 Å². The van der Waals surface area contributed by atoms with Crippen LogP contribution in [-0.2, 0) is 9.53 Å². The monoisotopic (exact) mass is 157 g/mol. The summed E-state index contributed by atoms with van der Waals surface area (Å²) in [4.78, 5) is 11.2. The van der Waals surface area contributed by atoms with E-state index in [1.807, 2.05) is 6.92 Å². The highest BCUT2D eigenvalue weighted by molar-refractivity contribution is 5.76. The first-order chi connectivity index (χ1) is 5.08. The van der Waals surface area contributed by atoms with Gasteiger partial charge in [-0.25, -0.2) is 0 Å². The molecule has 64 valence electrons. The van der Waals surface area contributed by atoms with Crippen LogP contribution in [-0.4, -0.2) is 19.1 Å². The molecule has 0 bridgehead atoms. The lowest BCUT2D eigenvalue weighted by Gasteiger charge is -2.19. The molecule has 0 spiro atoms. The Morgan fingerprint density at radius 3 is 2.73 bits per heavy atom. The van der Waals surface area contributed by atoms with Crippen LogP contribution in [0.5, 0.6) is 0 Å². The number of methoxy groups -OCH3 is 1. The topological polar surface area (TPSA) is 52.3 Å². The van der Waals surface area contributed by atoms with E-state index in [-0.39, 0.29) is 17.4 Å². The van der Waals surface area contributed by atoms with Gasteiger partial charge in [0.15, 0.2) is 0 Å². The fourth-order valence-electron chi connectivity index (χ4n) is 1.72. The number of ether oxygens (including phenoxy) is 1. The second kappa shape index (κ2) is 2.81. The van der Waals surface area contributed by atoms with Gasteiger partial charge in [0.05, 0.1) is 12.5 Å². The first-order valence-electron chi connectivity index (χ1n) is 3.92. The maximum absolute atomic E-state index is 11.2. The fraction of sp³-hybridized carbons (Fsp3) is 0.875. The summed E-state index contributed by atoms with van der Waals surface area (Å²) >= 11 is 0. The smallest absolute Gasteiger partial charge is 0.311 e. The summed E-state index contributed by atoms with van der Waals surface area (Å²) in [6.45, 7) is 1.92. The van der Waals surface area contributed by atoms with E-state index in [1.54, 1.807) is 0 Å².